The summed E-state index contributed by atoms with van der Waals surface area (Å²) >= 11 is 3.36. The molecule has 1 amide bonds. The van der Waals surface area contributed by atoms with Crippen LogP contribution in [0.5, 0.6) is 0 Å². The topological polar surface area (TPSA) is 72.9 Å². The van der Waals surface area contributed by atoms with Gasteiger partial charge in [-0.15, -0.1) is 0 Å². The third-order valence-corrected chi connectivity index (χ3v) is 3.77. The fourth-order valence-electron chi connectivity index (χ4n) is 1.84. The van der Waals surface area contributed by atoms with Crippen LogP contribution in [0.25, 0.3) is 0 Å². The van der Waals surface area contributed by atoms with E-state index in [0.717, 1.165) is 15.9 Å². The highest BCUT2D eigenvalue weighted by Crippen LogP contribution is 2.20. The summed E-state index contributed by atoms with van der Waals surface area (Å²) in [6, 6.07) is 7.41. The van der Waals surface area contributed by atoms with Crippen molar-refractivity contribution in [3.8, 4) is 0 Å². The molecule has 2 aromatic rings. The number of imidazole rings is 1. The van der Waals surface area contributed by atoms with Crippen LogP contribution in [0.4, 0.5) is 0 Å². The van der Waals surface area contributed by atoms with Crippen molar-refractivity contribution in [3.05, 3.63) is 52.5 Å². The number of benzene rings is 1. The van der Waals surface area contributed by atoms with E-state index in [1.54, 1.807) is 13.1 Å². The normalized spacial score (nSPS) is 13.8. The van der Waals surface area contributed by atoms with Crippen LogP contribution in [0, 0.1) is 0 Å². The van der Waals surface area contributed by atoms with Crippen molar-refractivity contribution in [1.29, 1.82) is 0 Å². The van der Waals surface area contributed by atoms with Crippen molar-refractivity contribution >= 4 is 21.8 Å². The van der Waals surface area contributed by atoms with Crippen LogP contribution in [-0.4, -0.2) is 15.5 Å². The molecule has 6 heteroatoms. The third-order valence-electron chi connectivity index (χ3n) is 3.24. The van der Waals surface area contributed by atoms with Crippen molar-refractivity contribution in [2.24, 2.45) is 12.8 Å². The zero-order valence-electron chi connectivity index (χ0n) is 11.4. The minimum atomic E-state index is -1.08. The van der Waals surface area contributed by atoms with Gasteiger partial charge in [0.25, 0.3) is 0 Å². The van der Waals surface area contributed by atoms with Gasteiger partial charge in [-0.1, -0.05) is 28.1 Å². The molecule has 0 spiro atoms. The quantitative estimate of drug-likeness (QED) is 0.891. The Kier molecular flexibility index (Phi) is 4.25. The Bertz CT molecular complexity index is 604. The summed E-state index contributed by atoms with van der Waals surface area (Å²) in [5.74, 6) is 0.549. The number of aromatic nitrogens is 2. The van der Waals surface area contributed by atoms with Gasteiger partial charge in [-0.05, 0) is 24.6 Å². The highest BCUT2D eigenvalue weighted by molar-refractivity contribution is 9.10. The molecule has 0 radical (unpaired) electrons. The Morgan fingerprint density at radius 1 is 1.45 bits per heavy atom. The molecule has 5 nitrogen and oxygen atoms in total. The molecule has 1 unspecified atom stereocenters. The molecule has 0 aliphatic heterocycles. The lowest BCUT2D eigenvalue weighted by atomic mass is 9.92. The van der Waals surface area contributed by atoms with E-state index in [-0.39, 0.29) is 5.91 Å². The zero-order chi connectivity index (χ0) is 14.8. The molecule has 20 heavy (non-hydrogen) atoms. The number of hydrogen-bond donors (Lipinski definition) is 2. The molecule has 0 saturated carbocycles. The van der Waals surface area contributed by atoms with E-state index in [1.807, 2.05) is 42.1 Å². The number of halogens is 1. The molecule has 0 saturated heterocycles. The van der Waals surface area contributed by atoms with Gasteiger partial charge in [-0.25, -0.2) is 4.98 Å². The standard InChI is InChI=1S/C14H17BrN4O/c1-14(16,10-3-5-11(15)6-4-10)13(20)18-9-12-17-7-8-19(12)2/h3-8H,9,16H2,1-2H3,(H,18,20). The van der Waals surface area contributed by atoms with Gasteiger partial charge in [-0.2, -0.15) is 0 Å². The number of hydrogen-bond acceptors (Lipinski definition) is 3. The minimum absolute atomic E-state index is 0.233. The largest absolute Gasteiger partial charge is 0.347 e. The average Bonchev–Trinajstić information content (AvgIpc) is 2.82. The number of nitrogens with zero attached hydrogens (tertiary/aromatic N) is 2. The summed E-state index contributed by atoms with van der Waals surface area (Å²) in [4.78, 5) is 16.4. The first-order valence-corrected chi connectivity index (χ1v) is 7.00. The van der Waals surface area contributed by atoms with E-state index in [4.69, 9.17) is 5.73 Å². The maximum absolute atomic E-state index is 12.3. The lowest BCUT2D eigenvalue weighted by molar-refractivity contribution is -0.126. The lowest BCUT2D eigenvalue weighted by Crippen LogP contribution is -2.48. The summed E-state index contributed by atoms with van der Waals surface area (Å²) in [7, 11) is 1.88. The molecule has 0 fully saturated rings. The van der Waals surface area contributed by atoms with Crippen molar-refractivity contribution < 1.29 is 4.79 Å². The highest BCUT2D eigenvalue weighted by Gasteiger charge is 2.30. The number of rotatable bonds is 4. The van der Waals surface area contributed by atoms with Crippen molar-refractivity contribution in [2.45, 2.75) is 19.0 Å². The molecule has 0 aliphatic carbocycles. The number of amides is 1. The maximum atomic E-state index is 12.3. The fourth-order valence-corrected chi connectivity index (χ4v) is 2.10. The van der Waals surface area contributed by atoms with E-state index in [2.05, 4.69) is 26.2 Å². The molecule has 1 aromatic heterocycles. The Morgan fingerprint density at radius 2 is 2.10 bits per heavy atom. The van der Waals surface area contributed by atoms with Gasteiger partial charge in [0.2, 0.25) is 5.91 Å². The van der Waals surface area contributed by atoms with Crippen LogP contribution in [-0.2, 0) is 23.9 Å². The Labute approximate surface area is 126 Å². The van der Waals surface area contributed by atoms with Gasteiger partial charge in [0.05, 0.1) is 6.54 Å². The van der Waals surface area contributed by atoms with Gasteiger partial charge in [-0.3, -0.25) is 4.79 Å². The molecule has 2 rings (SSSR count). The van der Waals surface area contributed by atoms with Crippen LogP contribution in [0.3, 0.4) is 0 Å². The van der Waals surface area contributed by atoms with Gasteiger partial charge < -0.3 is 15.6 Å². The van der Waals surface area contributed by atoms with Gasteiger partial charge in [0, 0.05) is 23.9 Å². The molecule has 1 atom stereocenters. The first kappa shape index (κ1) is 14.7. The summed E-state index contributed by atoms with van der Waals surface area (Å²) in [5, 5.41) is 2.82. The predicted molar refractivity (Wildman–Crippen MR) is 80.7 cm³/mol. The number of nitrogens with two attached hydrogens (primary N) is 1. The van der Waals surface area contributed by atoms with Crippen LogP contribution >= 0.6 is 15.9 Å². The maximum Gasteiger partial charge on any atom is 0.244 e. The number of nitrogens with one attached hydrogen (secondary N) is 1. The molecule has 106 valence electrons. The van der Waals surface area contributed by atoms with Gasteiger partial charge >= 0.3 is 0 Å². The minimum Gasteiger partial charge on any atom is -0.347 e. The summed E-state index contributed by atoms with van der Waals surface area (Å²) < 4.78 is 2.80. The molecular weight excluding hydrogens is 320 g/mol. The second-order valence-corrected chi connectivity index (χ2v) is 5.76. The zero-order valence-corrected chi connectivity index (χ0v) is 13.0. The number of carbonyl (C=O) groups is 1. The summed E-state index contributed by atoms with van der Waals surface area (Å²) in [5.41, 5.74) is 5.84. The van der Waals surface area contributed by atoms with Gasteiger partial charge in [0.1, 0.15) is 11.4 Å². The van der Waals surface area contributed by atoms with E-state index >= 15 is 0 Å². The average molecular weight is 337 g/mol. The van der Waals surface area contributed by atoms with Gasteiger partial charge in [0.15, 0.2) is 0 Å². The second kappa shape index (κ2) is 5.76. The molecular formula is C14H17BrN4O. The summed E-state index contributed by atoms with van der Waals surface area (Å²) in [6.45, 7) is 2.05. The fraction of sp³-hybridized carbons (Fsp3) is 0.286. The molecule has 1 heterocycles. The molecule has 0 aliphatic rings. The Balaban J connectivity index is 2.07. The van der Waals surface area contributed by atoms with Crippen LogP contribution in [0.15, 0.2) is 41.1 Å². The van der Waals surface area contributed by atoms with Crippen LogP contribution in [0.1, 0.15) is 18.3 Å². The third kappa shape index (κ3) is 3.08. The van der Waals surface area contributed by atoms with Crippen molar-refractivity contribution in [2.75, 3.05) is 0 Å². The highest BCUT2D eigenvalue weighted by atomic mass is 79.9. The first-order valence-electron chi connectivity index (χ1n) is 6.20. The van der Waals surface area contributed by atoms with Crippen LogP contribution in [0.2, 0.25) is 0 Å². The van der Waals surface area contributed by atoms with E-state index in [1.165, 1.54) is 0 Å². The Hall–Kier alpha value is -1.66. The van der Waals surface area contributed by atoms with E-state index < -0.39 is 5.54 Å². The lowest BCUT2D eigenvalue weighted by Gasteiger charge is -2.24. The van der Waals surface area contributed by atoms with Crippen molar-refractivity contribution in [1.82, 2.24) is 14.9 Å². The SMILES string of the molecule is Cn1ccnc1CNC(=O)C(C)(N)c1ccc(Br)cc1. The Morgan fingerprint density at radius 3 is 2.65 bits per heavy atom. The molecule has 0 bridgehead atoms. The van der Waals surface area contributed by atoms with E-state index in [0.29, 0.717) is 6.54 Å². The number of aryl methyl sites for hydroxylation is 1. The molecule has 3 N–H and O–H groups in total. The molecule has 1 aromatic carbocycles. The summed E-state index contributed by atoms with van der Waals surface area (Å²) in [6.07, 6.45) is 3.52. The van der Waals surface area contributed by atoms with Crippen molar-refractivity contribution in [3.63, 3.8) is 0 Å². The van der Waals surface area contributed by atoms with E-state index in [9.17, 15) is 4.79 Å². The smallest absolute Gasteiger partial charge is 0.244 e. The second-order valence-electron chi connectivity index (χ2n) is 4.85. The number of carbonyl (C=O) groups excluding carboxylic acids is 1. The first-order chi connectivity index (χ1) is 9.41. The monoisotopic (exact) mass is 336 g/mol. The predicted octanol–water partition coefficient (Wildman–Crippen LogP) is 1.67. The van der Waals surface area contributed by atoms with Crippen LogP contribution < -0.4 is 11.1 Å².